The van der Waals surface area contributed by atoms with Crippen molar-refractivity contribution in [3.8, 4) is 0 Å². The molecule has 0 radical (unpaired) electrons. The van der Waals surface area contributed by atoms with Gasteiger partial charge < -0.3 is 0 Å². The molecule has 0 fully saturated rings. The zero-order valence-electron chi connectivity index (χ0n) is 8.98. The third kappa shape index (κ3) is 2.37. The number of hydrogen-bond donors (Lipinski definition) is 1. The van der Waals surface area contributed by atoms with E-state index in [2.05, 4.69) is 0 Å². The van der Waals surface area contributed by atoms with Gasteiger partial charge >= 0.3 is 0 Å². The van der Waals surface area contributed by atoms with Crippen LogP contribution in [-0.2, 0) is 0 Å². The van der Waals surface area contributed by atoms with Crippen molar-refractivity contribution in [3.05, 3.63) is 69.2 Å². The first-order valence-corrected chi connectivity index (χ1v) is 5.74. The summed E-state index contributed by atoms with van der Waals surface area (Å²) in [4.78, 5) is 0. The molecule has 0 aliphatic rings. The molecule has 1 N–H and O–H groups in total. The second-order valence-corrected chi connectivity index (χ2v) is 4.44. The molecular weight excluding hydrogens is 279 g/mol. The molecule has 2 aromatic rings. The molecule has 0 saturated heterocycles. The highest BCUT2D eigenvalue weighted by molar-refractivity contribution is 6.31. The van der Waals surface area contributed by atoms with Crippen molar-refractivity contribution in [3.63, 3.8) is 0 Å². The van der Waals surface area contributed by atoms with Gasteiger partial charge in [-0.2, -0.15) is 0 Å². The Labute approximate surface area is 112 Å². The van der Waals surface area contributed by atoms with Gasteiger partial charge in [0.15, 0.2) is 5.82 Å². The smallest absolute Gasteiger partial charge is 0.154 e. The van der Waals surface area contributed by atoms with Gasteiger partial charge in [-0.25, -0.2) is 8.78 Å². The van der Waals surface area contributed by atoms with E-state index in [1.165, 1.54) is 12.1 Å². The molecule has 0 heterocycles. The van der Waals surface area contributed by atoms with Crippen LogP contribution in [0.3, 0.4) is 0 Å². The molecule has 2 rings (SSSR count). The fourth-order valence-corrected chi connectivity index (χ4v) is 1.80. The molecule has 0 saturated carbocycles. The second-order valence-electron chi connectivity index (χ2n) is 3.60. The quantitative estimate of drug-likeness (QED) is 0.612. The van der Waals surface area contributed by atoms with Crippen LogP contribution in [0.25, 0.3) is 0 Å². The summed E-state index contributed by atoms with van der Waals surface area (Å²) >= 11 is 11.3. The van der Waals surface area contributed by atoms with Gasteiger partial charge in [-0.1, -0.05) is 35.3 Å². The average Bonchev–Trinajstić information content (AvgIpc) is 2.35. The van der Waals surface area contributed by atoms with E-state index in [0.717, 1.165) is 12.1 Å². The van der Waals surface area contributed by atoms with Crippen molar-refractivity contribution in [2.45, 2.75) is 0 Å². The van der Waals surface area contributed by atoms with Gasteiger partial charge in [-0.05, 0) is 24.3 Å². The van der Waals surface area contributed by atoms with Crippen LogP contribution in [0.15, 0.2) is 36.4 Å². The molecule has 2 aromatic carbocycles. The van der Waals surface area contributed by atoms with Crippen LogP contribution in [0.5, 0.6) is 0 Å². The van der Waals surface area contributed by atoms with E-state index in [9.17, 15) is 8.78 Å². The average molecular weight is 286 g/mol. The molecule has 0 unspecified atom stereocenters. The van der Waals surface area contributed by atoms with Crippen LogP contribution < -0.4 is 0 Å². The van der Waals surface area contributed by atoms with Crippen LogP contribution in [0.2, 0.25) is 10.0 Å². The lowest BCUT2D eigenvalue weighted by molar-refractivity contribution is 0.579. The van der Waals surface area contributed by atoms with Gasteiger partial charge in [0, 0.05) is 10.6 Å². The lowest BCUT2D eigenvalue weighted by Gasteiger charge is -2.08. The normalized spacial score (nSPS) is 10.4. The summed E-state index contributed by atoms with van der Waals surface area (Å²) in [6.07, 6.45) is 0. The van der Waals surface area contributed by atoms with E-state index >= 15 is 0 Å². The molecule has 1 nitrogen and oxygen atoms in total. The lowest BCUT2D eigenvalue weighted by Crippen LogP contribution is -2.07. The Morgan fingerprint density at radius 2 is 1.56 bits per heavy atom. The Hall–Kier alpha value is -1.45. The third-order valence-corrected chi connectivity index (χ3v) is 2.97. The predicted octanol–water partition coefficient (Wildman–Crippen LogP) is 4.69. The Kier molecular flexibility index (Phi) is 3.64. The Morgan fingerprint density at radius 3 is 2.17 bits per heavy atom. The summed E-state index contributed by atoms with van der Waals surface area (Å²) in [5, 5.41) is 8.11. The molecule has 18 heavy (non-hydrogen) atoms. The van der Waals surface area contributed by atoms with E-state index in [0.29, 0.717) is 10.6 Å². The molecule has 0 aromatic heterocycles. The largest absolute Gasteiger partial charge is 0.299 e. The summed E-state index contributed by atoms with van der Waals surface area (Å²) in [7, 11) is 0. The highest BCUT2D eigenvalue weighted by atomic mass is 35.5. The molecular formula is C13H7Cl2F2N. The van der Waals surface area contributed by atoms with E-state index in [1.54, 1.807) is 12.1 Å². The Morgan fingerprint density at radius 1 is 0.944 bits per heavy atom. The van der Waals surface area contributed by atoms with Gasteiger partial charge in [0.2, 0.25) is 0 Å². The maximum atomic E-state index is 13.7. The number of halogens is 4. The molecule has 0 aliphatic carbocycles. The summed E-state index contributed by atoms with van der Waals surface area (Å²) in [5.41, 5.74) is -0.353. The Bertz CT molecular complexity index is 609. The molecule has 0 amide bonds. The van der Waals surface area contributed by atoms with Crippen molar-refractivity contribution in [1.29, 1.82) is 5.41 Å². The van der Waals surface area contributed by atoms with Crippen molar-refractivity contribution in [2.24, 2.45) is 0 Å². The van der Waals surface area contributed by atoms with Crippen LogP contribution >= 0.6 is 23.2 Å². The maximum Gasteiger partial charge on any atom is 0.154 e. The molecule has 0 aliphatic heterocycles. The van der Waals surface area contributed by atoms with Gasteiger partial charge in [-0.3, -0.25) is 5.41 Å². The van der Waals surface area contributed by atoms with Crippen molar-refractivity contribution in [1.82, 2.24) is 0 Å². The molecule has 0 bridgehead atoms. The van der Waals surface area contributed by atoms with Crippen molar-refractivity contribution >= 4 is 28.9 Å². The first kappa shape index (κ1) is 13.0. The van der Waals surface area contributed by atoms with E-state index in [-0.39, 0.29) is 10.7 Å². The highest BCUT2D eigenvalue weighted by Gasteiger charge is 2.18. The van der Waals surface area contributed by atoms with Crippen LogP contribution in [-0.4, -0.2) is 5.71 Å². The van der Waals surface area contributed by atoms with Crippen molar-refractivity contribution < 1.29 is 8.78 Å². The minimum absolute atomic E-state index is 0.217. The third-order valence-electron chi connectivity index (χ3n) is 2.43. The maximum absolute atomic E-state index is 13.7. The molecule has 92 valence electrons. The lowest BCUT2D eigenvalue weighted by atomic mass is 10.0. The monoisotopic (exact) mass is 285 g/mol. The van der Waals surface area contributed by atoms with Crippen LogP contribution in [0.4, 0.5) is 8.78 Å². The minimum Gasteiger partial charge on any atom is -0.299 e. The van der Waals surface area contributed by atoms with Gasteiger partial charge in [-0.15, -0.1) is 0 Å². The van der Waals surface area contributed by atoms with E-state index < -0.39 is 17.2 Å². The summed E-state index contributed by atoms with van der Waals surface area (Å²) in [6, 6.07) is 8.28. The zero-order valence-corrected chi connectivity index (χ0v) is 10.5. The first-order valence-electron chi connectivity index (χ1n) is 4.99. The summed E-state index contributed by atoms with van der Waals surface area (Å²) < 4.78 is 27.3. The summed E-state index contributed by atoms with van der Waals surface area (Å²) in [6.45, 7) is 0. The molecule has 5 heteroatoms. The highest BCUT2D eigenvalue weighted by Crippen LogP contribution is 2.24. The van der Waals surface area contributed by atoms with Gasteiger partial charge in [0.25, 0.3) is 0 Å². The number of rotatable bonds is 2. The Balaban J connectivity index is 2.52. The van der Waals surface area contributed by atoms with Crippen molar-refractivity contribution in [2.75, 3.05) is 0 Å². The minimum atomic E-state index is -0.934. The first-order chi connectivity index (χ1) is 8.50. The van der Waals surface area contributed by atoms with Crippen LogP contribution in [0, 0.1) is 17.0 Å². The van der Waals surface area contributed by atoms with E-state index in [4.69, 9.17) is 28.6 Å². The fourth-order valence-electron chi connectivity index (χ4n) is 1.52. The van der Waals surface area contributed by atoms with Gasteiger partial charge in [0.1, 0.15) is 5.82 Å². The topological polar surface area (TPSA) is 23.9 Å². The van der Waals surface area contributed by atoms with E-state index in [1.807, 2.05) is 0 Å². The standard InChI is InChI=1S/C13H7Cl2F2N/c14-8-3-1-7(2-4-8)13(18)11-10(16)6-5-9(15)12(11)17/h1-6,18H. The van der Waals surface area contributed by atoms with Crippen LogP contribution in [0.1, 0.15) is 11.1 Å². The zero-order chi connectivity index (χ0) is 13.3. The second kappa shape index (κ2) is 5.04. The predicted molar refractivity (Wildman–Crippen MR) is 68.8 cm³/mol. The SMILES string of the molecule is N=C(c1ccc(Cl)cc1)c1c(F)ccc(Cl)c1F. The number of nitrogens with one attached hydrogen (secondary N) is 1. The molecule has 0 atom stereocenters. The van der Waals surface area contributed by atoms with Gasteiger partial charge in [0.05, 0.1) is 16.3 Å². The number of benzene rings is 2. The molecule has 0 spiro atoms. The fraction of sp³-hybridized carbons (Fsp3) is 0. The number of hydrogen-bond acceptors (Lipinski definition) is 1. The summed E-state index contributed by atoms with van der Waals surface area (Å²) in [5.74, 6) is -1.76.